The lowest BCUT2D eigenvalue weighted by atomic mass is 10.1. The number of phenols is 1. The lowest BCUT2D eigenvalue weighted by Gasteiger charge is -2.08. The van der Waals surface area contributed by atoms with Crippen LogP contribution in [0.1, 0.15) is 25.5 Å². The molecule has 1 aromatic heterocycles. The van der Waals surface area contributed by atoms with Gasteiger partial charge in [-0.25, -0.2) is 0 Å². The van der Waals surface area contributed by atoms with Crippen LogP contribution in [0.4, 0.5) is 0 Å². The van der Waals surface area contributed by atoms with Crippen molar-refractivity contribution in [2.75, 3.05) is 0 Å². The molecule has 0 unspecified atom stereocenters. The molecule has 0 aliphatic carbocycles. The Kier molecular flexibility index (Phi) is 2.69. The highest BCUT2D eigenvalue weighted by Gasteiger charge is 2.10. The first kappa shape index (κ1) is 10.7. The SMILES string of the molecule is CC(C)n1cc(CC=O)c2ccc(O)cc21. The van der Waals surface area contributed by atoms with Gasteiger partial charge in [-0.3, -0.25) is 0 Å². The highest BCUT2D eigenvalue weighted by Crippen LogP contribution is 2.27. The fourth-order valence-electron chi connectivity index (χ4n) is 1.99. The zero-order valence-electron chi connectivity index (χ0n) is 9.47. The molecule has 0 radical (unpaired) electrons. The van der Waals surface area contributed by atoms with Gasteiger partial charge in [-0.15, -0.1) is 0 Å². The van der Waals surface area contributed by atoms with Gasteiger partial charge in [0.15, 0.2) is 0 Å². The summed E-state index contributed by atoms with van der Waals surface area (Å²) in [5.41, 5.74) is 1.99. The minimum Gasteiger partial charge on any atom is -0.508 e. The topological polar surface area (TPSA) is 42.2 Å². The second-order valence-corrected chi connectivity index (χ2v) is 4.23. The molecule has 0 saturated heterocycles. The Hall–Kier alpha value is -1.77. The van der Waals surface area contributed by atoms with Gasteiger partial charge >= 0.3 is 0 Å². The van der Waals surface area contributed by atoms with E-state index >= 15 is 0 Å². The molecule has 1 aromatic carbocycles. The van der Waals surface area contributed by atoms with Gasteiger partial charge in [0.2, 0.25) is 0 Å². The van der Waals surface area contributed by atoms with Crippen LogP contribution in [0.3, 0.4) is 0 Å². The Labute approximate surface area is 94.3 Å². The predicted octanol–water partition coefficient (Wildman–Crippen LogP) is 2.67. The van der Waals surface area contributed by atoms with Gasteiger partial charge in [0, 0.05) is 30.1 Å². The Balaban J connectivity index is 2.70. The van der Waals surface area contributed by atoms with Gasteiger partial charge in [0.25, 0.3) is 0 Å². The minimum absolute atomic E-state index is 0.255. The van der Waals surface area contributed by atoms with Crippen LogP contribution in [0.25, 0.3) is 10.9 Å². The molecule has 2 rings (SSSR count). The number of carbonyl (C=O) groups excluding carboxylic acids is 1. The first-order valence-electron chi connectivity index (χ1n) is 5.39. The van der Waals surface area contributed by atoms with E-state index in [9.17, 15) is 9.90 Å². The molecular weight excluding hydrogens is 202 g/mol. The average Bonchev–Trinajstić information content (AvgIpc) is 2.57. The van der Waals surface area contributed by atoms with Crippen LogP contribution in [0.2, 0.25) is 0 Å². The van der Waals surface area contributed by atoms with Crippen LogP contribution in [-0.4, -0.2) is 16.0 Å². The number of aldehydes is 1. The molecule has 1 N–H and O–H groups in total. The molecule has 16 heavy (non-hydrogen) atoms. The van der Waals surface area contributed by atoms with Crippen molar-refractivity contribution in [3.63, 3.8) is 0 Å². The summed E-state index contributed by atoms with van der Waals surface area (Å²) in [4.78, 5) is 10.6. The van der Waals surface area contributed by atoms with Crippen molar-refractivity contribution in [3.8, 4) is 5.75 Å². The van der Waals surface area contributed by atoms with Gasteiger partial charge in [0.1, 0.15) is 12.0 Å². The van der Waals surface area contributed by atoms with E-state index in [1.807, 2.05) is 12.3 Å². The molecule has 1 heterocycles. The van der Waals surface area contributed by atoms with Crippen LogP contribution in [0.15, 0.2) is 24.4 Å². The monoisotopic (exact) mass is 217 g/mol. The number of hydrogen-bond donors (Lipinski definition) is 1. The lowest BCUT2D eigenvalue weighted by Crippen LogP contribution is -1.97. The largest absolute Gasteiger partial charge is 0.508 e. The van der Waals surface area contributed by atoms with E-state index < -0.39 is 0 Å². The van der Waals surface area contributed by atoms with Crippen molar-refractivity contribution in [1.29, 1.82) is 0 Å². The Morgan fingerprint density at radius 2 is 2.19 bits per heavy atom. The third kappa shape index (κ3) is 1.69. The Morgan fingerprint density at radius 1 is 1.44 bits per heavy atom. The second kappa shape index (κ2) is 4.00. The molecule has 0 aliphatic heterocycles. The van der Waals surface area contributed by atoms with Crippen LogP contribution in [0.5, 0.6) is 5.75 Å². The van der Waals surface area contributed by atoms with E-state index in [4.69, 9.17) is 0 Å². The summed E-state index contributed by atoms with van der Waals surface area (Å²) < 4.78 is 2.08. The maximum Gasteiger partial charge on any atom is 0.124 e. The quantitative estimate of drug-likeness (QED) is 0.803. The summed E-state index contributed by atoms with van der Waals surface area (Å²) in [6, 6.07) is 5.57. The number of carbonyl (C=O) groups is 1. The van der Waals surface area contributed by atoms with Crippen molar-refractivity contribution in [1.82, 2.24) is 4.57 Å². The standard InChI is InChI=1S/C13H15NO2/c1-9(2)14-8-10(5-6-15)12-4-3-11(16)7-13(12)14/h3-4,6-9,16H,5H2,1-2H3. The van der Waals surface area contributed by atoms with Crippen molar-refractivity contribution in [3.05, 3.63) is 30.0 Å². The van der Waals surface area contributed by atoms with Gasteiger partial charge < -0.3 is 14.5 Å². The average molecular weight is 217 g/mol. The molecule has 2 aromatic rings. The first-order chi connectivity index (χ1) is 7.63. The van der Waals surface area contributed by atoms with E-state index in [1.54, 1.807) is 12.1 Å². The molecule has 0 fully saturated rings. The van der Waals surface area contributed by atoms with Crippen LogP contribution >= 0.6 is 0 Å². The van der Waals surface area contributed by atoms with Crippen LogP contribution < -0.4 is 0 Å². The molecule has 0 spiro atoms. The molecule has 0 saturated carbocycles. The van der Waals surface area contributed by atoms with Crippen LogP contribution in [0, 0.1) is 0 Å². The van der Waals surface area contributed by atoms with Gasteiger partial charge in [0.05, 0.1) is 5.52 Å². The molecule has 84 valence electrons. The second-order valence-electron chi connectivity index (χ2n) is 4.23. The summed E-state index contributed by atoms with van der Waals surface area (Å²) in [6.07, 6.45) is 3.32. The number of phenolic OH excluding ortho intramolecular Hbond substituents is 1. The van der Waals surface area contributed by atoms with E-state index in [-0.39, 0.29) is 5.75 Å². The molecular formula is C13H15NO2. The maximum atomic E-state index is 10.6. The fourth-order valence-corrected chi connectivity index (χ4v) is 1.99. The van der Waals surface area contributed by atoms with Crippen LogP contribution in [-0.2, 0) is 11.2 Å². The minimum atomic E-state index is 0.255. The van der Waals surface area contributed by atoms with Gasteiger partial charge in [-0.05, 0) is 31.5 Å². The highest BCUT2D eigenvalue weighted by molar-refractivity contribution is 5.87. The lowest BCUT2D eigenvalue weighted by molar-refractivity contribution is -0.107. The van der Waals surface area contributed by atoms with E-state index in [0.29, 0.717) is 12.5 Å². The fraction of sp³-hybridized carbons (Fsp3) is 0.308. The number of fused-ring (bicyclic) bond motifs is 1. The highest BCUT2D eigenvalue weighted by atomic mass is 16.3. The normalized spacial score (nSPS) is 11.2. The van der Waals surface area contributed by atoms with Crippen molar-refractivity contribution < 1.29 is 9.90 Å². The maximum absolute atomic E-state index is 10.6. The van der Waals surface area contributed by atoms with Crippen molar-refractivity contribution >= 4 is 17.2 Å². The third-order valence-electron chi connectivity index (χ3n) is 2.76. The number of aromatic nitrogens is 1. The summed E-state index contributed by atoms with van der Waals surface area (Å²) >= 11 is 0. The first-order valence-corrected chi connectivity index (χ1v) is 5.39. The molecule has 0 aliphatic rings. The summed E-state index contributed by atoms with van der Waals surface area (Å²) in [6.45, 7) is 4.16. The summed E-state index contributed by atoms with van der Waals surface area (Å²) in [5.74, 6) is 0.255. The summed E-state index contributed by atoms with van der Waals surface area (Å²) in [7, 11) is 0. The molecule has 3 nitrogen and oxygen atoms in total. The predicted molar refractivity (Wildman–Crippen MR) is 63.8 cm³/mol. The van der Waals surface area contributed by atoms with Gasteiger partial charge in [-0.2, -0.15) is 0 Å². The van der Waals surface area contributed by atoms with Gasteiger partial charge in [-0.1, -0.05) is 0 Å². The van der Waals surface area contributed by atoms with E-state index in [2.05, 4.69) is 18.4 Å². The Bertz CT molecular complexity index is 526. The number of benzene rings is 1. The number of hydrogen-bond acceptors (Lipinski definition) is 2. The number of aromatic hydroxyl groups is 1. The molecule has 0 bridgehead atoms. The smallest absolute Gasteiger partial charge is 0.124 e. The third-order valence-corrected chi connectivity index (χ3v) is 2.76. The van der Waals surface area contributed by atoms with Crippen molar-refractivity contribution in [2.24, 2.45) is 0 Å². The number of nitrogens with zero attached hydrogens (tertiary/aromatic N) is 1. The zero-order valence-corrected chi connectivity index (χ0v) is 9.47. The molecule has 3 heteroatoms. The van der Waals surface area contributed by atoms with E-state index in [0.717, 1.165) is 22.8 Å². The Morgan fingerprint density at radius 3 is 2.81 bits per heavy atom. The molecule has 0 atom stereocenters. The number of rotatable bonds is 3. The summed E-state index contributed by atoms with van der Waals surface area (Å²) in [5, 5.41) is 10.5. The molecule has 0 amide bonds. The zero-order chi connectivity index (χ0) is 11.7. The van der Waals surface area contributed by atoms with Crippen molar-refractivity contribution in [2.45, 2.75) is 26.3 Å². The van der Waals surface area contributed by atoms with E-state index in [1.165, 1.54) is 0 Å².